The third kappa shape index (κ3) is 4.04. The normalized spacial score (nSPS) is 10.7. The van der Waals surface area contributed by atoms with Crippen molar-refractivity contribution in [3.63, 3.8) is 0 Å². The Kier molecular flexibility index (Phi) is 5.43. The zero-order valence-electron chi connectivity index (χ0n) is 10.00. The van der Waals surface area contributed by atoms with Gasteiger partial charge in [0.05, 0.1) is 5.02 Å². The zero-order valence-corrected chi connectivity index (χ0v) is 13.1. The van der Waals surface area contributed by atoms with E-state index in [0.29, 0.717) is 21.6 Å². The molecule has 0 aliphatic carbocycles. The highest BCUT2D eigenvalue weighted by molar-refractivity contribution is 7.99. The molecule has 0 fully saturated rings. The average Bonchev–Trinajstić information content (AvgIpc) is 2.37. The molecule has 0 aromatic heterocycles. The van der Waals surface area contributed by atoms with E-state index in [0.717, 1.165) is 21.8 Å². The van der Waals surface area contributed by atoms with Crippen LogP contribution in [0.3, 0.4) is 0 Å². The fourth-order valence-corrected chi connectivity index (χ4v) is 3.35. The summed E-state index contributed by atoms with van der Waals surface area (Å²) in [5.74, 6) is 0. The molecule has 2 aromatic rings. The maximum Gasteiger partial charge on any atom is 0.0546 e. The lowest BCUT2D eigenvalue weighted by atomic mass is 10.1. The Balaban J connectivity index is 2.34. The first kappa shape index (κ1) is 15.0. The number of nitrogens with two attached hydrogens (primary N) is 1. The number of benzene rings is 2. The minimum atomic E-state index is 0.581. The molecule has 5 heteroatoms. The maximum absolute atomic E-state index is 6.18. The standard InChI is InChI=1S/C14H12Cl3NS/c15-10-2-4-13(9(7-10)5-6-18)19-14-8-11(16)1-3-12(14)17/h1-4,7-8H,5-6,18H2. The average molecular weight is 333 g/mol. The van der Waals surface area contributed by atoms with Gasteiger partial charge in [-0.05, 0) is 54.9 Å². The summed E-state index contributed by atoms with van der Waals surface area (Å²) in [6.45, 7) is 0.581. The third-order valence-electron chi connectivity index (χ3n) is 2.55. The predicted molar refractivity (Wildman–Crippen MR) is 84.8 cm³/mol. The topological polar surface area (TPSA) is 26.0 Å². The van der Waals surface area contributed by atoms with Crippen LogP contribution in [-0.2, 0) is 6.42 Å². The van der Waals surface area contributed by atoms with Crippen molar-refractivity contribution in [3.05, 3.63) is 57.0 Å². The largest absolute Gasteiger partial charge is 0.330 e. The Morgan fingerprint density at radius 2 is 1.58 bits per heavy atom. The maximum atomic E-state index is 6.18. The summed E-state index contributed by atoms with van der Waals surface area (Å²) in [6.07, 6.45) is 0.779. The Morgan fingerprint density at radius 1 is 0.895 bits per heavy atom. The van der Waals surface area contributed by atoms with Crippen LogP contribution in [0.4, 0.5) is 0 Å². The van der Waals surface area contributed by atoms with Gasteiger partial charge in [0.2, 0.25) is 0 Å². The molecule has 0 aliphatic rings. The number of hydrogen-bond donors (Lipinski definition) is 1. The van der Waals surface area contributed by atoms with Crippen LogP contribution < -0.4 is 5.73 Å². The summed E-state index contributed by atoms with van der Waals surface area (Å²) in [6, 6.07) is 11.2. The van der Waals surface area contributed by atoms with E-state index in [1.807, 2.05) is 24.3 Å². The van der Waals surface area contributed by atoms with Crippen LogP contribution >= 0.6 is 46.6 Å². The van der Waals surface area contributed by atoms with Crippen LogP contribution in [0.5, 0.6) is 0 Å². The van der Waals surface area contributed by atoms with Gasteiger partial charge in [0, 0.05) is 19.8 Å². The molecule has 2 aromatic carbocycles. The molecule has 0 saturated carbocycles. The lowest BCUT2D eigenvalue weighted by Crippen LogP contribution is -2.03. The fourth-order valence-electron chi connectivity index (χ4n) is 1.67. The van der Waals surface area contributed by atoms with Crippen molar-refractivity contribution in [2.75, 3.05) is 6.54 Å². The van der Waals surface area contributed by atoms with Crippen molar-refractivity contribution in [1.29, 1.82) is 0 Å². The monoisotopic (exact) mass is 331 g/mol. The Bertz CT molecular complexity index is 587. The van der Waals surface area contributed by atoms with Crippen molar-refractivity contribution in [1.82, 2.24) is 0 Å². The van der Waals surface area contributed by atoms with Gasteiger partial charge in [-0.3, -0.25) is 0 Å². The van der Waals surface area contributed by atoms with E-state index in [-0.39, 0.29) is 0 Å². The highest BCUT2D eigenvalue weighted by atomic mass is 35.5. The van der Waals surface area contributed by atoms with Crippen molar-refractivity contribution < 1.29 is 0 Å². The summed E-state index contributed by atoms with van der Waals surface area (Å²) < 4.78 is 0. The van der Waals surface area contributed by atoms with E-state index in [4.69, 9.17) is 40.5 Å². The van der Waals surface area contributed by atoms with Crippen molar-refractivity contribution in [2.45, 2.75) is 16.2 Å². The zero-order chi connectivity index (χ0) is 13.8. The minimum Gasteiger partial charge on any atom is -0.330 e. The van der Waals surface area contributed by atoms with E-state index >= 15 is 0 Å². The van der Waals surface area contributed by atoms with Gasteiger partial charge >= 0.3 is 0 Å². The first-order valence-electron chi connectivity index (χ1n) is 5.71. The lowest BCUT2D eigenvalue weighted by molar-refractivity contribution is 0.944. The van der Waals surface area contributed by atoms with Gasteiger partial charge in [-0.1, -0.05) is 46.6 Å². The molecule has 0 aliphatic heterocycles. The van der Waals surface area contributed by atoms with Gasteiger partial charge in [0.15, 0.2) is 0 Å². The molecule has 0 bridgehead atoms. The lowest BCUT2D eigenvalue weighted by Gasteiger charge is -2.10. The van der Waals surface area contributed by atoms with E-state index in [1.165, 1.54) is 0 Å². The smallest absolute Gasteiger partial charge is 0.0546 e. The summed E-state index contributed by atoms with van der Waals surface area (Å²) >= 11 is 19.8. The molecule has 0 spiro atoms. The Hall–Kier alpha value is -0.380. The second kappa shape index (κ2) is 6.87. The van der Waals surface area contributed by atoms with E-state index in [1.54, 1.807) is 23.9 Å². The summed E-state index contributed by atoms with van der Waals surface area (Å²) in [4.78, 5) is 2.02. The van der Waals surface area contributed by atoms with Crippen molar-refractivity contribution in [3.8, 4) is 0 Å². The SMILES string of the molecule is NCCc1cc(Cl)ccc1Sc1cc(Cl)ccc1Cl. The highest BCUT2D eigenvalue weighted by Crippen LogP contribution is 2.37. The fraction of sp³-hybridized carbons (Fsp3) is 0.143. The molecule has 19 heavy (non-hydrogen) atoms. The van der Waals surface area contributed by atoms with Gasteiger partial charge in [-0.15, -0.1) is 0 Å². The van der Waals surface area contributed by atoms with Gasteiger partial charge in [-0.25, -0.2) is 0 Å². The molecule has 2 N–H and O–H groups in total. The second-order valence-corrected chi connectivity index (χ2v) is 6.33. The summed E-state index contributed by atoms with van der Waals surface area (Å²) in [5, 5.41) is 2.06. The van der Waals surface area contributed by atoms with Gasteiger partial charge in [0.1, 0.15) is 0 Å². The van der Waals surface area contributed by atoms with Crippen LogP contribution in [0, 0.1) is 0 Å². The van der Waals surface area contributed by atoms with Gasteiger partial charge < -0.3 is 5.73 Å². The number of rotatable bonds is 4. The molecule has 1 nitrogen and oxygen atoms in total. The van der Waals surface area contributed by atoms with Crippen LogP contribution in [0.25, 0.3) is 0 Å². The number of hydrogen-bond acceptors (Lipinski definition) is 2. The highest BCUT2D eigenvalue weighted by Gasteiger charge is 2.08. The predicted octanol–water partition coefficient (Wildman–Crippen LogP) is 5.30. The van der Waals surface area contributed by atoms with Gasteiger partial charge in [-0.2, -0.15) is 0 Å². The molecule has 2 rings (SSSR count). The molecule has 0 heterocycles. The first-order valence-corrected chi connectivity index (χ1v) is 7.66. The van der Waals surface area contributed by atoms with E-state index < -0.39 is 0 Å². The van der Waals surface area contributed by atoms with E-state index in [9.17, 15) is 0 Å². The quantitative estimate of drug-likeness (QED) is 0.822. The first-order chi connectivity index (χ1) is 9.10. The Morgan fingerprint density at radius 3 is 2.32 bits per heavy atom. The van der Waals surface area contributed by atoms with Crippen LogP contribution in [0.2, 0.25) is 15.1 Å². The van der Waals surface area contributed by atoms with Gasteiger partial charge in [0.25, 0.3) is 0 Å². The molecule has 0 amide bonds. The van der Waals surface area contributed by atoms with E-state index in [2.05, 4.69) is 0 Å². The Labute approximate surface area is 132 Å². The minimum absolute atomic E-state index is 0.581. The second-order valence-electron chi connectivity index (χ2n) is 3.97. The molecular formula is C14H12Cl3NS. The van der Waals surface area contributed by atoms with Crippen LogP contribution in [-0.4, -0.2) is 6.54 Å². The van der Waals surface area contributed by atoms with Crippen molar-refractivity contribution in [2.24, 2.45) is 5.73 Å². The van der Waals surface area contributed by atoms with Crippen molar-refractivity contribution >= 4 is 46.6 Å². The van der Waals surface area contributed by atoms with Crippen LogP contribution in [0.1, 0.15) is 5.56 Å². The molecule has 0 saturated heterocycles. The molecular weight excluding hydrogens is 321 g/mol. The molecule has 0 unspecified atom stereocenters. The summed E-state index contributed by atoms with van der Waals surface area (Å²) in [7, 11) is 0. The third-order valence-corrected chi connectivity index (χ3v) is 4.64. The molecule has 0 atom stereocenters. The molecule has 100 valence electrons. The van der Waals surface area contributed by atoms with Crippen LogP contribution in [0.15, 0.2) is 46.2 Å². The number of halogens is 3. The summed E-state index contributed by atoms with van der Waals surface area (Å²) in [5.41, 5.74) is 6.75. The molecule has 0 radical (unpaired) electrons.